The van der Waals surface area contributed by atoms with E-state index in [1.165, 1.54) is 18.1 Å². The first-order chi connectivity index (χ1) is 19.6. The maximum absolute atomic E-state index is 13.9. The third kappa shape index (κ3) is 4.66. The summed E-state index contributed by atoms with van der Waals surface area (Å²) in [7, 11) is 1.64. The normalized spacial score (nSPS) is 29.7. The van der Waals surface area contributed by atoms with Crippen molar-refractivity contribution in [3.63, 3.8) is 0 Å². The summed E-state index contributed by atoms with van der Waals surface area (Å²) >= 11 is 0. The lowest BCUT2D eigenvalue weighted by Gasteiger charge is -2.56. The van der Waals surface area contributed by atoms with Crippen molar-refractivity contribution >= 4 is 17.4 Å². The number of aliphatic hydroxyl groups is 1. The molecule has 1 saturated carbocycles. The van der Waals surface area contributed by atoms with E-state index < -0.39 is 18.1 Å². The van der Waals surface area contributed by atoms with E-state index in [2.05, 4.69) is 55.7 Å². The molecule has 2 bridgehead atoms. The number of anilines is 1. The summed E-state index contributed by atoms with van der Waals surface area (Å²) in [6.45, 7) is 9.00. The number of aliphatic hydroxyl groups excluding tert-OH is 1. The molecule has 8 heteroatoms. The van der Waals surface area contributed by atoms with E-state index in [4.69, 9.17) is 9.57 Å². The van der Waals surface area contributed by atoms with Crippen LogP contribution in [-0.2, 0) is 27.4 Å². The maximum atomic E-state index is 13.9. The number of ketones is 1. The number of para-hydroxylation sites is 1. The number of carbonyl (C=O) groups excluding carboxylic acids is 2. The molecular weight excluding hydrogens is 518 g/mol. The largest absolute Gasteiger partial charge is 0.496 e. The SMILES string of the molecule is COc1c(CN2O[C@@H](CO)[C@@H](C(C)=O)[C@H]2C(=O)N[C@H]2C=C3C[C@@H]([C@@H]2C)C3(C)C)cccc1-c1ccc2c(c1)CCN2. The fraction of sp³-hybridized carbons (Fsp3) is 0.515. The average molecular weight is 560 g/mol. The van der Waals surface area contributed by atoms with Gasteiger partial charge in [0.25, 0.3) is 0 Å². The van der Waals surface area contributed by atoms with Crippen LogP contribution in [0.25, 0.3) is 11.1 Å². The smallest absolute Gasteiger partial charge is 0.241 e. The number of rotatable bonds is 8. The fourth-order valence-electron chi connectivity index (χ4n) is 7.60. The minimum Gasteiger partial charge on any atom is -0.496 e. The van der Waals surface area contributed by atoms with Gasteiger partial charge in [-0.15, -0.1) is 0 Å². The van der Waals surface area contributed by atoms with E-state index in [1.807, 2.05) is 18.2 Å². The van der Waals surface area contributed by atoms with Gasteiger partial charge in [-0.25, -0.2) is 0 Å². The van der Waals surface area contributed by atoms with Crippen molar-refractivity contribution in [1.82, 2.24) is 10.4 Å². The molecule has 6 atom stereocenters. The first-order valence-corrected chi connectivity index (χ1v) is 14.7. The van der Waals surface area contributed by atoms with E-state index >= 15 is 0 Å². The molecule has 1 saturated heterocycles. The van der Waals surface area contributed by atoms with Crippen molar-refractivity contribution in [3.05, 3.63) is 59.2 Å². The molecule has 5 aliphatic rings. The van der Waals surface area contributed by atoms with Crippen LogP contribution in [0.3, 0.4) is 0 Å². The van der Waals surface area contributed by atoms with Gasteiger partial charge in [-0.05, 0) is 60.3 Å². The van der Waals surface area contributed by atoms with Gasteiger partial charge in [0, 0.05) is 23.4 Å². The average Bonchev–Trinajstić information content (AvgIpc) is 3.57. The monoisotopic (exact) mass is 559 g/mol. The number of Topliss-reactive ketones (excluding diaryl/α,β-unsaturated/α-hetero) is 1. The number of fused-ring (bicyclic) bond motifs is 3. The number of nitrogens with one attached hydrogen (secondary N) is 2. The maximum Gasteiger partial charge on any atom is 0.241 e. The van der Waals surface area contributed by atoms with E-state index in [1.54, 1.807) is 12.2 Å². The zero-order valence-corrected chi connectivity index (χ0v) is 24.6. The summed E-state index contributed by atoms with van der Waals surface area (Å²) in [4.78, 5) is 32.9. The van der Waals surface area contributed by atoms with Crippen molar-refractivity contribution in [2.24, 2.45) is 23.2 Å². The summed E-state index contributed by atoms with van der Waals surface area (Å²) in [6.07, 6.45) is 3.47. The summed E-state index contributed by atoms with van der Waals surface area (Å²) in [6, 6.07) is 11.4. The molecule has 0 aromatic heterocycles. The number of nitrogens with zero attached hydrogens (tertiary/aromatic N) is 1. The fourth-order valence-corrected chi connectivity index (χ4v) is 7.60. The van der Waals surface area contributed by atoms with E-state index in [-0.39, 0.29) is 42.2 Å². The third-order valence-electron chi connectivity index (χ3n) is 10.1. The lowest BCUT2D eigenvalue weighted by molar-refractivity contribution is -0.182. The molecule has 2 aliphatic heterocycles. The molecule has 7 rings (SSSR count). The number of methoxy groups -OCH3 is 1. The van der Waals surface area contributed by atoms with Crippen molar-refractivity contribution in [2.75, 3.05) is 25.6 Å². The molecule has 218 valence electrons. The van der Waals surface area contributed by atoms with Crippen LogP contribution >= 0.6 is 0 Å². The predicted molar refractivity (Wildman–Crippen MR) is 157 cm³/mol. The number of hydrogen-bond donors (Lipinski definition) is 3. The van der Waals surface area contributed by atoms with Crippen molar-refractivity contribution < 1.29 is 24.3 Å². The van der Waals surface area contributed by atoms with Crippen LogP contribution in [0.4, 0.5) is 5.69 Å². The Morgan fingerprint density at radius 1 is 1.24 bits per heavy atom. The lowest BCUT2D eigenvalue weighted by Crippen LogP contribution is -2.57. The summed E-state index contributed by atoms with van der Waals surface area (Å²) in [5.41, 5.74) is 6.83. The first kappa shape index (κ1) is 27.9. The summed E-state index contributed by atoms with van der Waals surface area (Å²) in [5.74, 6) is 0.274. The molecular formula is C33H41N3O5. The second kappa shape index (κ2) is 10.6. The number of hydroxylamine groups is 2. The predicted octanol–water partition coefficient (Wildman–Crippen LogP) is 4.12. The van der Waals surface area contributed by atoms with Crippen LogP contribution in [0.15, 0.2) is 48.0 Å². The van der Waals surface area contributed by atoms with Crippen LogP contribution in [0.1, 0.15) is 45.2 Å². The number of hydrogen-bond acceptors (Lipinski definition) is 7. The summed E-state index contributed by atoms with van der Waals surface area (Å²) < 4.78 is 5.93. The minimum atomic E-state index is -0.874. The molecule has 41 heavy (non-hydrogen) atoms. The Morgan fingerprint density at radius 2 is 2.05 bits per heavy atom. The third-order valence-corrected chi connectivity index (χ3v) is 10.1. The quantitative estimate of drug-likeness (QED) is 0.419. The van der Waals surface area contributed by atoms with Gasteiger partial charge in [0.05, 0.1) is 32.2 Å². The van der Waals surface area contributed by atoms with Gasteiger partial charge in [-0.3, -0.25) is 14.4 Å². The molecule has 2 fully saturated rings. The van der Waals surface area contributed by atoms with E-state index in [0.717, 1.165) is 41.8 Å². The molecule has 2 heterocycles. The first-order valence-electron chi connectivity index (χ1n) is 14.7. The van der Waals surface area contributed by atoms with E-state index in [0.29, 0.717) is 11.7 Å². The number of benzene rings is 2. The molecule has 3 aliphatic carbocycles. The van der Waals surface area contributed by atoms with Gasteiger partial charge in [0.2, 0.25) is 5.91 Å². The number of allylic oxidation sites excluding steroid dienone is 1. The van der Waals surface area contributed by atoms with Gasteiger partial charge < -0.3 is 20.5 Å². The van der Waals surface area contributed by atoms with Gasteiger partial charge in [0.1, 0.15) is 23.7 Å². The molecule has 3 N–H and O–H groups in total. The van der Waals surface area contributed by atoms with Crippen molar-refractivity contribution in [3.8, 4) is 16.9 Å². The van der Waals surface area contributed by atoms with Crippen LogP contribution in [0.5, 0.6) is 5.75 Å². The van der Waals surface area contributed by atoms with Crippen molar-refractivity contribution in [1.29, 1.82) is 0 Å². The Hall–Kier alpha value is -3.20. The molecule has 2 aromatic carbocycles. The second-order valence-corrected chi connectivity index (χ2v) is 12.6. The Bertz CT molecular complexity index is 1400. The second-order valence-electron chi connectivity index (χ2n) is 12.6. The standard InChI is InChI=1S/C33H41N3O5/c1-18-25-14-23(33(25,3)4)15-27(18)35-32(39)30-29(19(2)38)28(17-37)41-36(30)16-22-7-6-8-24(31(22)40-5)20-9-10-26-21(13-20)11-12-34-26/h6-10,13,15,18,25,27-30,34,37H,11-12,14,16-17H2,1-5H3,(H,35,39)/t18-,25-,27-,28-,29+,30-/m0/s1. The molecule has 0 spiro atoms. The number of amides is 1. The van der Waals surface area contributed by atoms with Crippen molar-refractivity contribution in [2.45, 2.75) is 65.3 Å². The van der Waals surface area contributed by atoms with Crippen LogP contribution < -0.4 is 15.4 Å². The Kier molecular flexibility index (Phi) is 7.20. The van der Waals surface area contributed by atoms with Gasteiger partial charge in [-0.1, -0.05) is 56.7 Å². The highest BCUT2D eigenvalue weighted by molar-refractivity contribution is 5.91. The zero-order valence-electron chi connectivity index (χ0n) is 24.6. The molecule has 8 nitrogen and oxygen atoms in total. The highest BCUT2D eigenvalue weighted by atomic mass is 16.7. The summed E-state index contributed by atoms with van der Waals surface area (Å²) in [5, 5.41) is 18.3. The topological polar surface area (TPSA) is 100 Å². The molecule has 1 amide bonds. The lowest BCUT2D eigenvalue weighted by atomic mass is 9.50. The Morgan fingerprint density at radius 3 is 2.73 bits per heavy atom. The molecule has 2 aromatic rings. The van der Waals surface area contributed by atoms with Gasteiger partial charge in [-0.2, -0.15) is 5.06 Å². The molecule has 0 radical (unpaired) electrons. The van der Waals surface area contributed by atoms with E-state index in [9.17, 15) is 14.7 Å². The van der Waals surface area contributed by atoms with Gasteiger partial charge in [0.15, 0.2) is 0 Å². The number of ether oxygens (including phenoxy) is 1. The van der Waals surface area contributed by atoms with Crippen LogP contribution in [-0.4, -0.2) is 60.3 Å². The zero-order chi connectivity index (χ0) is 29.1. The Labute approximate surface area is 242 Å². The van der Waals surface area contributed by atoms with Gasteiger partial charge >= 0.3 is 0 Å². The Balaban J connectivity index is 1.30. The van der Waals surface area contributed by atoms with Crippen LogP contribution in [0.2, 0.25) is 0 Å². The van der Waals surface area contributed by atoms with Crippen LogP contribution in [0, 0.1) is 23.2 Å². The minimum absolute atomic E-state index is 0.0981. The highest BCUT2D eigenvalue weighted by Gasteiger charge is 2.53. The molecule has 0 unspecified atom stereocenters. The highest BCUT2D eigenvalue weighted by Crippen LogP contribution is 2.58. The number of carbonyl (C=O) groups is 2.